The second-order valence-corrected chi connectivity index (χ2v) is 4.49. The largest absolute Gasteiger partial charge is 0.479 e. The van der Waals surface area contributed by atoms with E-state index in [4.69, 9.17) is 9.84 Å². The molecule has 0 bridgehead atoms. The fourth-order valence-electron chi connectivity index (χ4n) is 1.77. The lowest BCUT2D eigenvalue weighted by Gasteiger charge is -2.19. The Balaban J connectivity index is 2.47. The van der Waals surface area contributed by atoms with E-state index in [2.05, 4.69) is 5.32 Å². The van der Waals surface area contributed by atoms with Gasteiger partial charge in [0.1, 0.15) is 12.1 Å². The second kappa shape index (κ2) is 5.81. The molecule has 7 heteroatoms. The number of nitrogens with one attached hydrogen (secondary N) is 1. The number of aliphatic carboxylic acids is 1. The van der Waals surface area contributed by atoms with Crippen LogP contribution in [0.1, 0.15) is 19.8 Å². The summed E-state index contributed by atoms with van der Waals surface area (Å²) in [4.78, 5) is 35.3. The monoisotopic (exact) mass is 258 g/mol. The number of ether oxygens (including phenoxy) is 1. The normalized spacial score (nSPS) is 24.4. The van der Waals surface area contributed by atoms with Crippen LogP contribution < -0.4 is 5.32 Å². The number of carboxylic acids is 1. The summed E-state index contributed by atoms with van der Waals surface area (Å²) < 4.78 is 5.09. The van der Waals surface area contributed by atoms with Crippen LogP contribution >= 0.6 is 0 Å². The van der Waals surface area contributed by atoms with Crippen molar-refractivity contribution in [3.8, 4) is 0 Å². The van der Waals surface area contributed by atoms with Crippen molar-refractivity contribution in [1.29, 1.82) is 0 Å². The molecule has 102 valence electrons. The molecule has 1 aliphatic rings. The minimum Gasteiger partial charge on any atom is -0.479 e. The molecule has 3 unspecified atom stereocenters. The molecule has 0 aromatic rings. The Labute approximate surface area is 105 Å². The lowest BCUT2D eigenvalue weighted by atomic mass is 10.2. The molecule has 1 heterocycles. The van der Waals surface area contributed by atoms with Crippen molar-refractivity contribution in [2.45, 2.75) is 38.0 Å². The molecule has 0 spiro atoms. The molecule has 1 aliphatic heterocycles. The van der Waals surface area contributed by atoms with Crippen molar-refractivity contribution < 1.29 is 24.2 Å². The van der Waals surface area contributed by atoms with E-state index in [0.717, 1.165) is 0 Å². The third kappa shape index (κ3) is 3.43. The van der Waals surface area contributed by atoms with Crippen molar-refractivity contribution in [1.82, 2.24) is 10.2 Å². The van der Waals surface area contributed by atoms with Crippen LogP contribution in [0.3, 0.4) is 0 Å². The predicted octanol–water partition coefficient (Wildman–Crippen LogP) is -0.788. The van der Waals surface area contributed by atoms with E-state index in [1.165, 1.54) is 4.90 Å². The molecule has 0 aliphatic carbocycles. The molecule has 2 amide bonds. The number of hydrogen-bond acceptors (Lipinski definition) is 4. The quantitative estimate of drug-likeness (QED) is 0.689. The summed E-state index contributed by atoms with van der Waals surface area (Å²) in [6.07, 6.45) is -1.06. The number of hydrogen-bond donors (Lipinski definition) is 2. The van der Waals surface area contributed by atoms with Gasteiger partial charge in [0.15, 0.2) is 6.10 Å². The fraction of sp³-hybridized carbons (Fsp3) is 0.727. The second-order valence-electron chi connectivity index (χ2n) is 4.49. The van der Waals surface area contributed by atoms with Crippen molar-refractivity contribution >= 4 is 17.8 Å². The minimum atomic E-state index is -1.07. The number of carbonyl (C=O) groups excluding carboxylic acids is 2. The minimum absolute atomic E-state index is 0.226. The maximum Gasteiger partial charge on any atom is 0.332 e. The van der Waals surface area contributed by atoms with Gasteiger partial charge in [-0.05, 0) is 19.8 Å². The molecule has 0 saturated carbocycles. The highest BCUT2D eigenvalue weighted by molar-refractivity contribution is 5.89. The first-order valence-electron chi connectivity index (χ1n) is 5.72. The van der Waals surface area contributed by atoms with Crippen LogP contribution in [0.25, 0.3) is 0 Å². The van der Waals surface area contributed by atoms with Crippen LogP contribution in [0.5, 0.6) is 0 Å². The van der Waals surface area contributed by atoms with E-state index in [1.54, 1.807) is 21.0 Å². The first-order chi connectivity index (χ1) is 8.32. The molecule has 1 rings (SSSR count). The molecular formula is C11H18N2O5. The lowest BCUT2D eigenvalue weighted by Crippen LogP contribution is -2.47. The third-order valence-corrected chi connectivity index (χ3v) is 2.76. The van der Waals surface area contributed by atoms with E-state index < -0.39 is 30.1 Å². The Hall–Kier alpha value is -1.63. The number of amides is 2. The zero-order valence-electron chi connectivity index (χ0n) is 10.7. The van der Waals surface area contributed by atoms with Crippen molar-refractivity contribution in [2.75, 3.05) is 14.1 Å². The van der Waals surface area contributed by atoms with Gasteiger partial charge in [-0.15, -0.1) is 0 Å². The van der Waals surface area contributed by atoms with Gasteiger partial charge in [0.2, 0.25) is 11.8 Å². The molecule has 1 saturated heterocycles. The Morgan fingerprint density at radius 3 is 2.28 bits per heavy atom. The molecule has 2 N–H and O–H groups in total. The van der Waals surface area contributed by atoms with Crippen LogP contribution in [0.2, 0.25) is 0 Å². The topological polar surface area (TPSA) is 95.9 Å². The predicted molar refractivity (Wildman–Crippen MR) is 61.8 cm³/mol. The number of carboxylic acid groups (broad SMARTS) is 1. The van der Waals surface area contributed by atoms with Gasteiger partial charge in [-0.1, -0.05) is 0 Å². The van der Waals surface area contributed by atoms with Gasteiger partial charge in [0, 0.05) is 14.1 Å². The van der Waals surface area contributed by atoms with E-state index in [9.17, 15) is 14.4 Å². The van der Waals surface area contributed by atoms with Gasteiger partial charge in [-0.25, -0.2) is 4.79 Å². The van der Waals surface area contributed by atoms with E-state index >= 15 is 0 Å². The standard InChI is InChI=1S/C11H18N2O5/c1-6(10(15)13(2)3)12-9(14)7-4-5-8(18-7)11(16)17/h6-8H,4-5H2,1-3H3,(H,12,14)(H,16,17). The summed E-state index contributed by atoms with van der Waals surface area (Å²) in [6.45, 7) is 1.57. The molecule has 3 atom stereocenters. The van der Waals surface area contributed by atoms with Crippen LogP contribution in [-0.2, 0) is 19.1 Å². The van der Waals surface area contributed by atoms with Gasteiger partial charge in [-0.2, -0.15) is 0 Å². The van der Waals surface area contributed by atoms with E-state index in [0.29, 0.717) is 12.8 Å². The summed E-state index contributed by atoms with van der Waals surface area (Å²) >= 11 is 0. The first-order valence-corrected chi connectivity index (χ1v) is 5.72. The summed E-state index contributed by atoms with van der Waals surface area (Å²) in [5, 5.41) is 11.3. The Kier molecular flexibility index (Phi) is 4.66. The Morgan fingerprint density at radius 2 is 1.83 bits per heavy atom. The van der Waals surface area contributed by atoms with Crippen molar-refractivity contribution in [2.24, 2.45) is 0 Å². The summed E-state index contributed by atoms with van der Waals surface area (Å²) in [6, 6.07) is -0.653. The summed E-state index contributed by atoms with van der Waals surface area (Å²) in [5.41, 5.74) is 0. The maximum absolute atomic E-state index is 11.8. The average molecular weight is 258 g/mol. The van der Waals surface area contributed by atoms with Crippen LogP contribution in [0.4, 0.5) is 0 Å². The van der Waals surface area contributed by atoms with Crippen molar-refractivity contribution in [3.63, 3.8) is 0 Å². The van der Waals surface area contributed by atoms with Crippen LogP contribution in [0, 0.1) is 0 Å². The lowest BCUT2D eigenvalue weighted by molar-refractivity contribution is -0.152. The first kappa shape index (κ1) is 14.4. The molecular weight excluding hydrogens is 240 g/mol. The molecule has 0 radical (unpaired) electrons. The van der Waals surface area contributed by atoms with Gasteiger partial charge < -0.3 is 20.1 Å². The average Bonchev–Trinajstić information content (AvgIpc) is 2.76. The maximum atomic E-state index is 11.8. The molecule has 0 aromatic heterocycles. The van der Waals surface area contributed by atoms with Crippen LogP contribution in [-0.4, -0.2) is 60.1 Å². The summed E-state index contributed by atoms with van der Waals surface area (Å²) in [7, 11) is 3.19. The molecule has 0 aromatic carbocycles. The van der Waals surface area contributed by atoms with Gasteiger partial charge in [0.05, 0.1) is 0 Å². The molecule has 18 heavy (non-hydrogen) atoms. The number of rotatable bonds is 4. The zero-order chi connectivity index (χ0) is 13.9. The Morgan fingerprint density at radius 1 is 1.28 bits per heavy atom. The van der Waals surface area contributed by atoms with Gasteiger partial charge in [-0.3, -0.25) is 9.59 Å². The molecule has 1 fully saturated rings. The third-order valence-electron chi connectivity index (χ3n) is 2.76. The van der Waals surface area contributed by atoms with Crippen molar-refractivity contribution in [3.05, 3.63) is 0 Å². The zero-order valence-corrected chi connectivity index (χ0v) is 10.7. The SMILES string of the molecule is CC(NC(=O)C1CCC(C(=O)O)O1)C(=O)N(C)C. The molecule has 7 nitrogen and oxygen atoms in total. The Bertz CT molecular complexity index is 355. The smallest absolute Gasteiger partial charge is 0.332 e. The van der Waals surface area contributed by atoms with E-state index in [1.807, 2.05) is 0 Å². The number of carbonyl (C=O) groups is 3. The van der Waals surface area contributed by atoms with Gasteiger partial charge >= 0.3 is 5.97 Å². The highest BCUT2D eigenvalue weighted by Gasteiger charge is 2.35. The highest BCUT2D eigenvalue weighted by atomic mass is 16.5. The summed E-state index contributed by atoms with van der Waals surface area (Å²) in [5.74, 6) is -1.74. The number of nitrogens with zero attached hydrogens (tertiary/aromatic N) is 1. The fourth-order valence-corrected chi connectivity index (χ4v) is 1.77. The van der Waals surface area contributed by atoms with Crippen LogP contribution in [0.15, 0.2) is 0 Å². The number of likely N-dealkylation sites (N-methyl/N-ethyl adjacent to an activating group) is 1. The van der Waals surface area contributed by atoms with Gasteiger partial charge in [0.25, 0.3) is 0 Å². The van der Waals surface area contributed by atoms with E-state index in [-0.39, 0.29) is 5.91 Å². The highest BCUT2D eigenvalue weighted by Crippen LogP contribution is 2.20.